The largest absolute Gasteiger partial charge is 0.306 e. The summed E-state index contributed by atoms with van der Waals surface area (Å²) in [6.07, 6.45) is 13.5. The molecule has 5 fully saturated rings. The smallest absolute Gasteiger partial charge is 0.0143 e. The Labute approximate surface area is 187 Å². The van der Waals surface area contributed by atoms with E-state index in [1.807, 2.05) is 0 Å². The lowest BCUT2D eigenvalue weighted by Gasteiger charge is -2.64. The standard InChI is InChI=1S/C28H50N2/c1-19(29(6)7)20-12-14-26(5)22-11-10-21-24(2,3)23(30(8)9)13-15-27(21)18-28(22,27)17-16-25(20,26)4/h19-23H,10-18H2,1-9H3/t19-,20+,21-,22-,23-,25+,26-,27+,28-/m0/s1. The number of hydrogen-bond donors (Lipinski definition) is 0. The molecular weight excluding hydrogens is 364 g/mol. The highest BCUT2D eigenvalue weighted by Crippen LogP contribution is 2.89. The first kappa shape index (κ1) is 21.7. The predicted octanol–water partition coefficient (Wildman–Crippen LogP) is 6.31. The Morgan fingerprint density at radius 1 is 0.700 bits per heavy atom. The van der Waals surface area contributed by atoms with Crippen LogP contribution in [0.5, 0.6) is 0 Å². The van der Waals surface area contributed by atoms with Crippen LogP contribution < -0.4 is 0 Å². The summed E-state index contributed by atoms with van der Waals surface area (Å²) in [4.78, 5) is 5.06. The number of rotatable bonds is 3. The summed E-state index contributed by atoms with van der Waals surface area (Å²) in [6, 6.07) is 1.48. The first-order chi connectivity index (χ1) is 13.9. The Kier molecular flexibility index (Phi) is 4.55. The molecule has 0 heterocycles. The van der Waals surface area contributed by atoms with Gasteiger partial charge in [-0.1, -0.05) is 27.7 Å². The minimum Gasteiger partial charge on any atom is -0.306 e. The van der Waals surface area contributed by atoms with Gasteiger partial charge in [-0.25, -0.2) is 0 Å². The van der Waals surface area contributed by atoms with E-state index in [9.17, 15) is 0 Å². The summed E-state index contributed by atoms with van der Waals surface area (Å²) in [6.45, 7) is 13.3. The lowest BCUT2D eigenvalue weighted by molar-refractivity contribution is -0.152. The maximum atomic E-state index is 2.77. The van der Waals surface area contributed by atoms with Crippen LogP contribution in [0.4, 0.5) is 0 Å². The van der Waals surface area contributed by atoms with Crippen LogP contribution in [0.15, 0.2) is 0 Å². The monoisotopic (exact) mass is 414 g/mol. The minimum atomic E-state index is 0.468. The fourth-order valence-electron chi connectivity index (χ4n) is 11.4. The SMILES string of the molecule is C[C@@H]([C@H]1CC[C@@]2(C)[C@@H]3CC[C@H]4C(C)(C)[C@@H](N(C)C)CC[C@@]45C[C@@]35CC[C@]12C)N(C)C. The highest BCUT2D eigenvalue weighted by atomic mass is 15.1. The van der Waals surface area contributed by atoms with Gasteiger partial charge >= 0.3 is 0 Å². The molecule has 2 nitrogen and oxygen atoms in total. The second-order valence-electron chi connectivity index (χ2n) is 14.2. The normalized spacial score (nSPS) is 54.9. The Bertz CT molecular complexity index is 711. The van der Waals surface area contributed by atoms with Crippen LogP contribution in [-0.2, 0) is 0 Å². The molecule has 5 aliphatic carbocycles. The fourth-order valence-corrected chi connectivity index (χ4v) is 11.4. The summed E-state index contributed by atoms with van der Waals surface area (Å²) in [7, 11) is 9.27. The van der Waals surface area contributed by atoms with Gasteiger partial charge < -0.3 is 9.80 Å². The highest BCUT2D eigenvalue weighted by molar-refractivity contribution is 5.31. The van der Waals surface area contributed by atoms with Crippen molar-refractivity contribution in [2.45, 2.75) is 104 Å². The van der Waals surface area contributed by atoms with E-state index >= 15 is 0 Å². The summed E-state index contributed by atoms with van der Waals surface area (Å²) in [5, 5.41) is 0. The van der Waals surface area contributed by atoms with E-state index in [1.165, 1.54) is 44.9 Å². The van der Waals surface area contributed by atoms with Crippen LogP contribution in [0.25, 0.3) is 0 Å². The molecule has 0 aromatic carbocycles. The predicted molar refractivity (Wildman–Crippen MR) is 128 cm³/mol. The van der Waals surface area contributed by atoms with E-state index in [0.717, 1.165) is 23.8 Å². The van der Waals surface area contributed by atoms with Gasteiger partial charge in [0.05, 0.1) is 0 Å². The summed E-state index contributed by atoms with van der Waals surface area (Å²) < 4.78 is 0. The molecule has 172 valence electrons. The molecule has 0 unspecified atom stereocenters. The van der Waals surface area contributed by atoms with Crippen LogP contribution in [-0.4, -0.2) is 50.1 Å². The van der Waals surface area contributed by atoms with Gasteiger partial charge in [0, 0.05) is 12.1 Å². The molecule has 2 heteroatoms. The molecule has 5 aliphatic rings. The van der Waals surface area contributed by atoms with Crippen LogP contribution in [0.3, 0.4) is 0 Å². The van der Waals surface area contributed by atoms with Gasteiger partial charge in [-0.15, -0.1) is 0 Å². The topological polar surface area (TPSA) is 6.48 Å². The molecule has 0 amide bonds. The van der Waals surface area contributed by atoms with Crippen molar-refractivity contribution in [2.75, 3.05) is 28.2 Å². The maximum absolute atomic E-state index is 2.77. The molecule has 0 N–H and O–H groups in total. The molecule has 5 rings (SSSR count). The molecule has 0 saturated heterocycles. The zero-order chi connectivity index (χ0) is 21.9. The molecule has 0 radical (unpaired) electrons. The Hall–Kier alpha value is -0.0800. The second-order valence-corrected chi connectivity index (χ2v) is 14.2. The zero-order valence-corrected chi connectivity index (χ0v) is 21.6. The second kappa shape index (κ2) is 6.28. The van der Waals surface area contributed by atoms with Crippen molar-refractivity contribution in [3.63, 3.8) is 0 Å². The maximum Gasteiger partial charge on any atom is 0.0143 e. The summed E-state index contributed by atoms with van der Waals surface area (Å²) in [5.74, 6) is 2.82. The minimum absolute atomic E-state index is 0.468. The van der Waals surface area contributed by atoms with Gasteiger partial charge in [0.1, 0.15) is 0 Å². The molecule has 2 spiro atoms. The highest BCUT2D eigenvalue weighted by Gasteiger charge is 2.82. The zero-order valence-electron chi connectivity index (χ0n) is 21.6. The lowest BCUT2D eigenvalue weighted by atomic mass is 9.41. The van der Waals surface area contributed by atoms with Gasteiger partial charge in [0.15, 0.2) is 0 Å². The van der Waals surface area contributed by atoms with Gasteiger partial charge in [-0.3, -0.25) is 0 Å². The molecular formula is C28H50N2. The first-order valence-corrected chi connectivity index (χ1v) is 13.2. The van der Waals surface area contributed by atoms with Crippen molar-refractivity contribution < 1.29 is 0 Å². The molecule has 0 aliphatic heterocycles. The van der Waals surface area contributed by atoms with E-state index in [-0.39, 0.29) is 0 Å². The van der Waals surface area contributed by atoms with E-state index in [1.54, 1.807) is 12.8 Å². The van der Waals surface area contributed by atoms with Crippen molar-refractivity contribution in [1.29, 1.82) is 0 Å². The van der Waals surface area contributed by atoms with E-state index in [4.69, 9.17) is 0 Å². The van der Waals surface area contributed by atoms with Crippen LogP contribution in [0, 0.1) is 44.8 Å². The van der Waals surface area contributed by atoms with E-state index in [2.05, 4.69) is 72.6 Å². The third-order valence-corrected chi connectivity index (χ3v) is 13.2. The lowest BCUT2D eigenvalue weighted by Crippen LogP contribution is -2.59. The Balaban J connectivity index is 1.48. The Morgan fingerprint density at radius 3 is 1.97 bits per heavy atom. The van der Waals surface area contributed by atoms with Gasteiger partial charge in [-0.2, -0.15) is 0 Å². The number of nitrogens with zero attached hydrogens (tertiary/aromatic N) is 2. The van der Waals surface area contributed by atoms with Gasteiger partial charge in [-0.05, 0) is 138 Å². The van der Waals surface area contributed by atoms with Crippen molar-refractivity contribution in [1.82, 2.24) is 9.80 Å². The summed E-state index contributed by atoms with van der Waals surface area (Å²) >= 11 is 0. The van der Waals surface area contributed by atoms with Crippen molar-refractivity contribution in [3.8, 4) is 0 Å². The van der Waals surface area contributed by atoms with E-state index < -0.39 is 0 Å². The number of hydrogen-bond acceptors (Lipinski definition) is 2. The van der Waals surface area contributed by atoms with Crippen LogP contribution in [0.1, 0.15) is 92.4 Å². The fraction of sp³-hybridized carbons (Fsp3) is 1.00. The number of fused-ring (bicyclic) bond motifs is 2. The van der Waals surface area contributed by atoms with E-state index in [0.29, 0.717) is 33.1 Å². The quantitative estimate of drug-likeness (QED) is 0.534. The van der Waals surface area contributed by atoms with Crippen molar-refractivity contribution >= 4 is 0 Å². The molecule has 0 aromatic heterocycles. The van der Waals surface area contributed by atoms with Crippen molar-refractivity contribution in [2.24, 2.45) is 44.8 Å². The van der Waals surface area contributed by atoms with Gasteiger partial charge in [0.25, 0.3) is 0 Å². The Morgan fingerprint density at radius 2 is 1.33 bits per heavy atom. The van der Waals surface area contributed by atoms with Gasteiger partial charge in [0.2, 0.25) is 0 Å². The molecule has 9 atom stereocenters. The summed E-state index contributed by atoms with van der Waals surface area (Å²) in [5.41, 5.74) is 2.97. The molecule has 0 bridgehead atoms. The first-order valence-electron chi connectivity index (χ1n) is 13.2. The van der Waals surface area contributed by atoms with Crippen LogP contribution in [0.2, 0.25) is 0 Å². The molecule has 0 aromatic rings. The van der Waals surface area contributed by atoms with Crippen molar-refractivity contribution in [3.05, 3.63) is 0 Å². The molecule has 5 saturated carbocycles. The average Bonchev–Trinajstić information content (AvgIpc) is 3.23. The third-order valence-electron chi connectivity index (χ3n) is 13.2. The average molecular weight is 415 g/mol. The van der Waals surface area contributed by atoms with Crippen LogP contribution >= 0.6 is 0 Å². The third kappa shape index (κ3) is 2.29. The molecule has 30 heavy (non-hydrogen) atoms.